The molecule has 14 heavy (non-hydrogen) atoms. The topological polar surface area (TPSA) is 41.1 Å². The third-order valence-electron chi connectivity index (χ3n) is 2.10. The van der Waals surface area contributed by atoms with Crippen LogP contribution < -0.4 is 10.6 Å². The summed E-state index contributed by atoms with van der Waals surface area (Å²) >= 11 is 5.18. The molecular weight excluding hydrogens is 221 g/mol. The molecule has 1 aliphatic heterocycles. The molecular formula is C7H10ClF3N2O. The van der Waals surface area contributed by atoms with E-state index in [-0.39, 0.29) is 19.0 Å². The number of carbonyl (C=O) groups is 1. The second-order valence-corrected chi connectivity index (χ2v) is 3.38. The smallest absolute Gasteiger partial charge is 0.350 e. The minimum absolute atomic E-state index is 0.132. The van der Waals surface area contributed by atoms with Crippen molar-refractivity contribution in [2.75, 3.05) is 19.0 Å². The van der Waals surface area contributed by atoms with Crippen molar-refractivity contribution in [1.82, 2.24) is 10.6 Å². The highest BCUT2D eigenvalue weighted by Crippen LogP contribution is 2.30. The van der Waals surface area contributed by atoms with Gasteiger partial charge >= 0.3 is 6.18 Å². The van der Waals surface area contributed by atoms with E-state index in [1.807, 2.05) is 0 Å². The Morgan fingerprint density at radius 3 is 2.64 bits per heavy atom. The molecule has 1 fully saturated rings. The summed E-state index contributed by atoms with van der Waals surface area (Å²) in [5.41, 5.74) is 0. The Balaban J connectivity index is 2.56. The van der Waals surface area contributed by atoms with Crippen molar-refractivity contribution in [1.29, 1.82) is 0 Å². The molecule has 7 heteroatoms. The van der Waals surface area contributed by atoms with Crippen LogP contribution in [-0.2, 0) is 4.79 Å². The minimum Gasteiger partial charge on any atom is -0.350 e. The van der Waals surface area contributed by atoms with Gasteiger partial charge < -0.3 is 10.6 Å². The maximum Gasteiger partial charge on any atom is 0.395 e. The maximum atomic E-state index is 12.3. The normalized spacial score (nSPS) is 27.7. The number of hydrogen-bond donors (Lipinski definition) is 2. The van der Waals surface area contributed by atoms with Crippen LogP contribution in [-0.4, -0.2) is 37.1 Å². The highest BCUT2D eigenvalue weighted by Gasteiger charge is 2.47. The summed E-state index contributed by atoms with van der Waals surface area (Å²) in [5, 5.41) is 4.81. The first kappa shape index (κ1) is 11.6. The van der Waals surface area contributed by atoms with Gasteiger partial charge in [-0.2, -0.15) is 13.2 Å². The number of nitrogens with one attached hydrogen (secondary N) is 2. The van der Waals surface area contributed by atoms with Gasteiger partial charge in [0.25, 0.3) is 0 Å². The molecule has 2 N–H and O–H groups in total. The summed E-state index contributed by atoms with van der Waals surface area (Å²) in [7, 11) is 0. The van der Waals surface area contributed by atoms with Gasteiger partial charge in [-0.25, -0.2) is 0 Å². The van der Waals surface area contributed by atoms with E-state index < -0.39 is 24.0 Å². The van der Waals surface area contributed by atoms with Crippen LogP contribution in [0.1, 0.15) is 0 Å². The van der Waals surface area contributed by atoms with Gasteiger partial charge in [-0.3, -0.25) is 4.79 Å². The lowest BCUT2D eigenvalue weighted by molar-refractivity contribution is -0.174. The quantitative estimate of drug-likeness (QED) is 0.678. The lowest BCUT2D eigenvalue weighted by Crippen LogP contribution is -2.45. The van der Waals surface area contributed by atoms with Crippen LogP contribution in [0, 0.1) is 5.92 Å². The van der Waals surface area contributed by atoms with Crippen LogP contribution in [0.3, 0.4) is 0 Å². The molecule has 1 aliphatic rings. The second kappa shape index (κ2) is 4.35. The Morgan fingerprint density at radius 2 is 2.14 bits per heavy atom. The number of alkyl halides is 4. The molecule has 0 aromatic rings. The van der Waals surface area contributed by atoms with Crippen molar-refractivity contribution in [3.63, 3.8) is 0 Å². The van der Waals surface area contributed by atoms with E-state index in [1.165, 1.54) is 0 Å². The molecule has 2 unspecified atom stereocenters. The van der Waals surface area contributed by atoms with Gasteiger partial charge in [0.2, 0.25) is 5.91 Å². The number of rotatable bonds is 2. The fraction of sp³-hybridized carbons (Fsp3) is 0.857. The Kier molecular flexibility index (Phi) is 3.60. The van der Waals surface area contributed by atoms with E-state index in [2.05, 4.69) is 10.6 Å². The van der Waals surface area contributed by atoms with Gasteiger partial charge in [0.1, 0.15) is 5.88 Å². The summed E-state index contributed by atoms with van der Waals surface area (Å²) in [6.45, 7) is -0.0243. The number of halogens is 4. The first-order valence-electron chi connectivity index (χ1n) is 4.08. The second-order valence-electron chi connectivity index (χ2n) is 3.11. The van der Waals surface area contributed by atoms with Crippen LogP contribution in [0.15, 0.2) is 0 Å². The van der Waals surface area contributed by atoms with Crippen molar-refractivity contribution in [3.8, 4) is 0 Å². The SMILES string of the molecule is O=C(CCl)NC1CNCC1C(F)(F)F. The molecule has 2 atom stereocenters. The summed E-state index contributed by atoms with van der Waals surface area (Å²) in [6, 6.07) is -0.902. The van der Waals surface area contributed by atoms with Gasteiger partial charge in [0.15, 0.2) is 0 Å². The van der Waals surface area contributed by atoms with Crippen molar-refractivity contribution in [2.24, 2.45) is 5.92 Å². The summed E-state index contributed by atoms with van der Waals surface area (Å²) in [6.07, 6.45) is -4.28. The molecule has 0 spiro atoms. The largest absolute Gasteiger partial charge is 0.395 e. The Labute approximate surface area is 84.0 Å². The maximum absolute atomic E-state index is 12.3. The van der Waals surface area contributed by atoms with Crippen LogP contribution in [0.2, 0.25) is 0 Å². The van der Waals surface area contributed by atoms with E-state index in [4.69, 9.17) is 11.6 Å². The Morgan fingerprint density at radius 1 is 1.50 bits per heavy atom. The lowest BCUT2D eigenvalue weighted by Gasteiger charge is -2.21. The number of hydrogen-bond acceptors (Lipinski definition) is 2. The highest BCUT2D eigenvalue weighted by molar-refractivity contribution is 6.27. The van der Waals surface area contributed by atoms with E-state index in [0.29, 0.717) is 0 Å². The lowest BCUT2D eigenvalue weighted by atomic mass is 10.0. The van der Waals surface area contributed by atoms with Gasteiger partial charge in [-0.15, -0.1) is 11.6 Å². The average Bonchev–Trinajstić information content (AvgIpc) is 2.51. The fourth-order valence-electron chi connectivity index (χ4n) is 1.42. The average molecular weight is 231 g/mol. The summed E-state index contributed by atoms with van der Waals surface area (Å²) in [4.78, 5) is 10.8. The van der Waals surface area contributed by atoms with Gasteiger partial charge in [-0.05, 0) is 0 Å². The summed E-state index contributed by atoms with van der Waals surface area (Å²) < 4.78 is 37.0. The first-order valence-corrected chi connectivity index (χ1v) is 4.61. The summed E-state index contributed by atoms with van der Waals surface area (Å²) in [5.74, 6) is -2.41. The molecule has 0 radical (unpaired) electrons. The molecule has 1 heterocycles. The van der Waals surface area contributed by atoms with Crippen LogP contribution >= 0.6 is 11.6 Å². The standard InChI is InChI=1S/C7H10ClF3N2O/c8-1-6(14)13-5-3-12-2-4(5)7(9,10)11/h4-5,12H,1-3H2,(H,13,14). The Hall–Kier alpha value is -0.490. The molecule has 0 aliphatic carbocycles. The number of amides is 1. The van der Waals surface area contributed by atoms with Gasteiger partial charge in [0, 0.05) is 13.1 Å². The van der Waals surface area contributed by atoms with E-state index in [1.54, 1.807) is 0 Å². The highest BCUT2D eigenvalue weighted by atomic mass is 35.5. The molecule has 0 saturated carbocycles. The molecule has 1 saturated heterocycles. The van der Waals surface area contributed by atoms with Crippen LogP contribution in [0.4, 0.5) is 13.2 Å². The molecule has 1 rings (SSSR count). The van der Waals surface area contributed by atoms with E-state index in [0.717, 1.165) is 0 Å². The molecule has 1 amide bonds. The molecule has 0 aromatic carbocycles. The Bertz CT molecular complexity index is 221. The number of carbonyl (C=O) groups excluding carboxylic acids is 1. The molecule has 0 aromatic heterocycles. The zero-order chi connectivity index (χ0) is 10.8. The van der Waals surface area contributed by atoms with Gasteiger partial charge in [0.05, 0.1) is 12.0 Å². The first-order chi connectivity index (χ1) is 6.45. The molecule has 0 bridgehead atoms. The predicted molar refractivity (Wildman–Crippen MR) is 45.1 cm³/mol. The van der Waals surface area contributed by atoms with Crippen molar-refractivity contribution < 1.29 is 18.0 Å². The van der Waals surface area contributed by atoms with Crippen molar-refractivity contribution in [2.45, 2.75) is 12.2 Å². The van der Waals surface area contributed by atoms with Crippen molar-refractivity contribution in [3.05, 3.63) is 0 Å². The van der Waals surface area contributed by atoms with E-state index >= 15 is 0 Å². The van der Waals surface area contributed by atoms with Crippen LogP contribution in [0.25, 0.3) is 0 Å². The monoisotopic (exact) mass is 230 g/mol. The van der Waals surface area contributed by atoms with Gasteiger partial charge in [-0.1, -0.05) is 0 Å². The fourth-order valence-corrected chi connectivity index (χ4v) is 1.50. The zero-order valence-electron chi connectivity index (χ0n) is 7.20. The van der Waals surface area contributed by atoms with Crippen LogP contribution in [0.5, 0.6) is 0 Å². The predicted octanol–water partition coefficient (Wildman–Crippen LogP) is 0.492. The minimum atomic E-state index is -4.28. The van der Waals surface area contributed by atoms with E-state index in [9.17, 15) is 18.0 Å². The molecule has 82 valence electrons. The van der Waals surface area contributed by atoms with Crippen molar-refractivity contribution >= 4 is 17.5 Å². The molecule has 3 nitrogen and oxygen atoms in total. The third-order valence-corrected chi connectivity index (χ3v) is 2.35. The third kappa shape index (κ3) is 2.75. The zero-order valence-corrected chi connectivity index (χ0v) is 7.95.